The molecule has 6 rings (SSSR count). The monoisotopic (exact) mass is 326 g/mol. The van der Waals surface area contributed by atoms with Crippen LogP contribution in [0.2, 0.25) is 0 Å². The van der Waals surface area contributed by atoms with Crippen molar-refractivity contribution >= 4 is 22.6 Å². The molecule has 3 saturated heterocycles. The minimum atomic E-state index is -0.480. The van der Waals surface area contributed by atoms with Gasteiger partial charge < -0.3 is 4.74 Å². The van der Waals surface area contributed by atoms with E-state index in [9.17, 15) is 4.39 Å². The molecule has 1 N–H and O–H groups in total. The lowest BCUT2D eigenvalue weighted by Crippen LogP contribution is -2.61. The fraction of sp³-hybridized carbons (Fsp3) is 0.444. The van der Waals surface area contributed by atoms with Crippen molar-refractivity contribution in [1.82, 2.24) is 9.88 Å². The van der Waals surface area contributed by atoms with Crippen molar-refractivity contribution in [2.45, 2.75) is 18.4 Å². The number of aliphatic imine (C=N–C) groups is 1. The Hall–Kier alpha value is -2.21. The van der Waals surface area contributed by atoms with Gasteiger partial charge in [-0.1, -0.05) is 18.2 Å². The number of fused-ring (bicyclic) bond motifs is 3. The van der Waals surface area contributed by atoms with Crippen molar-refractivity contribution in [1.29, 1.82) is 0 Å². The van der Waals surface area contributed by atoms with Crippen LogP contribution in [-0.2, 0) is 4.74 Å². The third-order valence-electron chi connectivity index (χ3n) is 5.54. The number of nitrogens with zero attached hydrogens (tertiary/aromatic N) is 3. The molecule has 1 atom stereocenters. The van der Waals surface area contributed by atoms with Gasteiger partial charge in [0.05, 0.1) is 6.54 Å². The third-order valence-corrected chi connectivity index (χ3v) is 5.54. The predicted molar refractivity (Wildman–Crippen MR) is 90.6 cm³/mol. The van der Waals surface area contributed by atoms with Gasteiger partial charge in [0.25, 0.3) is 6.02 Å². The third kappa shape index (κ3) is 2.17. The van der Waals surface area contributed by atoms with Crippen molar-refractivity contribution in [3.8, 4) is 0 Å². The highest BCUT2D eigenvalue weighted by Crippen LogP contribution is 2.40. The van der Waals surface area contributed by atoms with E-state index in [2.05, 4.69) is 20.2 Å². The molecule has 2 bridgehead atoms. The summed E-state index contributed by atoms with van der Waals surface area (Å²) in [6.45, 7) is 3.93. The van der Waals surface area contributed by atoms with Crippen molar-refractivity contribution in [3.05, 3.63) is 36.3 Å². The Kier molecular flexibility index (Phi) is 3.03. The number of amidine groups is 1. The van der Waals surface area contributed by atoms with Crippen molar-refractivity contribution in [3.63, 3.8) is 0 Å². The number of benzene rings is 1. The van der Waals surface area contributed by atoms with Crippen LogP contribution >= 0.6 is 0 Å². The Morgan fingerprint density at radius 1 is 1.25 bits per heavy atom. The molecule has 0 amide bonds. The molecule has 4 aliphatic heterocycles. The maximum atomic E-state index is 14.2. The van der Waals surface area contributed by atoms with Gasteiger partial charge in [-0.15, -0.1) is 0 Å². The van der Waals surface area contributed by atoms with E-state index < -0.39 is 5.95 Å². The molecule has 0 saturated carbocycles. The molecule has 0 aliphatic carbocycles. The lowest BCUT2D eigenvalue weighted by Gasteiger charge is -2.50. The molecule has 3 fully saturated rings. The molecule has 6 heteroatoms. The average Bonchev–Trinajstić information content (AvgIpc) is 2.98. The Balaban J connectivity index is 1.38. The lowest BCUT2D eigenvalue weighted by atomic mass is 9.75. The number of aromatic nitrogens is 1. The quantitative estimate of drug-likeness (QED) is 0.819. The molecule has 124 valence electrons. The van der Waals surface area contributed by atoms with Crippen LogP contribution in [0.5, 0.6) is 0 Å². The average molecular weight is 326 g/mol. The van der Waals surface area contributed by atoms with Gasteiger partial charge in [-0.05, 0) is 43.5 Å². The fourth-order valence-corrected chi connectivity index (χ4v) is 4.28. The van der Waals surface area contributed by atoms with E-state index in [1.165, 1.54) is 12.8 Å². The van der Waals surface area contributed by atoms with Crippen LogP contribution in [-0.4, -0.2) is 47.7 Å². The SMILES string of the molecule is Fc1nc(NC2=NC[C@]3(CN4CCC3CC4)O2)cc2ccccc12. The van der Waals surface area contributed by atoms with Gasteiger partial charge in [0.2, 0.25) is 5.95 Å². The van der Waals surface area contributed by atoms with E-state index in [1.807, 2.05) is 24.3 Å². The second kappa shape index (κ2) is 5.14. The number of nitrogens with one attached hydrogen (secondary N) is 1. The van der Waals surface area contributed by atoms with Gasteiger partial charge in [0.15, 0.2) is 0 Å². The summed E-state index contributed by atoms with van der Waals surface area (Å²) >= 11 is 0. The number of halogens is 1. The zero-order valence-electron chi connectivity index (χ0n) is 13.3. The molecule has 1 aromatic carbocycles. The number of rotatable bonds is 1. The van der Waals surface area contributed by atoms with Crippen molar-refractivity contribution in [2.75, 3.05) is 31.5 Å². The Bertz CT molecular complexity index is 831. The van der Waals surface area contributed by atoms with Gasteiger partial charge in [0, 0.05) is 17.8 Å². The molecular formula is C18H19FN4O. The van der Waals surface area contributed by atoms with E-state index in [4.69, 9.17) is 4.74 Å². The smallest absolute Gasteiger partial charge is 0.291 e. The molecule has 5 heterocycles. The summed E-state index contributed by atoms with van der Waals surface area (Å²) in [5.74, 6) is 0.516. The standard InChI is InChI=1S/C18H19FN4O/c19-16-14-4-2-1-3-12(14)9-15(21-16)22-17-20-10-18(24-17)11-23-7-5-13(18)6-8-23/h1-4,9,13H,5-8,10-11H2,(H,20,21,22)/t18-/m1/s1. The number of hydrogen-bond acceptors (Lipinski definition) is 5. The maximum Gasteiger partial charge on any atom is 0.291 e. The fourth-order valence-electron chi connectivity index (χ4n) is 4.28. The number of ether oxygens (including phenoxy) is 1. The van der Waals surface area contributed by atoms with Crippen LogP contribution in [0.4, 0.5) is 10.2 Å². The normalized spacial score (nSPS) is 31.3. The first-order valence-corrected chi connectivity index (χ1v) is 8.50. The van der Waals surface area contributed by atoms with E-state index in [1.54, 1.807) is 6.07 Å². The molecule has 4 aliphatic rings. The largest absolute Gasteiger partial charge is 0.455 e. The highest BCUT2D eigenvalue weighted by molar-refractivity contribution is 5.92. The molecule has 0 radical (unpaired) electrons. The molecule has 5 nitrogen and oxygen atoms in total. The second-order valence-electron chi connectivity index (χ2n) is 6.98. The number of hydrogen-bond donors (Lipinski definition) is 1. The predicted octanol–water partition coefficient (Wildman–Crippen LogP) is 2.64. The summed E-state index contributed by atoms with van der Waals surface area (Å²) in [5.41, 5.74) is -0.200. The van der Waals surface area contributed by atoms with Crippen molar-refractivity contribution < 1.29 is 9.13 Å². The van der Waals surface area contributed by atoms with Gasteiger partial charge in [-0.25, -0.2) is 9.98 Å². The first-order chi connectivity index (χ1) is 11.7. The minimum absolute atomic E-state index is 0.200. The Morgan fingerprint density at radius 3 is 2.88 bits per heavy atom. The van der Waals surface area contributed by atoms with Crippen LogP contribution in [0.3, 0.4) is 0 Å². The van der Waals surface area contributed by atoms with Crippen LogP contribution < -0.4 is 5.32 Å². The van der Waals surface area contributed by atoms with Crippen LogP contribution in [0.25, 0.3) is 10.8 Å². The summed E-state index contributed by atoms with van der Waals surface area (Å²) in [7, 11) is 0. The Labute approximate surface area is 139 Å². The van der Waals surface area contributed by atoms with Gasteiger partial charge in [-0.3, -0.25) is 10.2 Å². The van der Waals surface area contributed by atoms with E-state index >= 15 is 0 Å². The summed E-state index contributed by atoms with van der Waals surface area (Å²) in [6.07, 6.45) is 2.34. The molecule has 2 aromatic rings. The van der Waals surface area contributed by atoms with E-state index in [-0.39, 0.29) is 5.60 Å². The van der Waals surface area contributed by atoms with E-state index in [0.717, 1.165) is 25.0 Å². The molecule has 1 aromatic heterocycles. The first-order valence-electron chi connectivity index (χ1n) is 8.50. The molecule has 24 heavy (non-hydrogen) atoms. The second-order valence-corrected chi connectivity index (χ2v) is 6.98. The highest BCUT2D eigenvalue weighted by Gasteiger charge is 2.51. The number of piperidine rings is 3. The molecule has 1 spiro atoms. The number of pyridine rings is 1. The van der Waals surface area contributed by atoms with Crippen LogP contribution in [0.1, 0.15) is 12.8 Å². The van der Waals surface area contributed by atoms with E-state index in [0.29, 0.717) is 29.7 Å². The summed E-state index contributed by atoms with van der Waals surface area (Å²) in [5, 5.41) is 4.39. The van der Waals surface area contributed by atoms with Crippen LogP contribution in [0, 0.1) is 11.9 Å². The van der Waals surface area contributed by atoms with Crippen LogP contribution in [0.15, 0.2) is 35.3 Å². The first kappa shape index (κ1) is 14.2. The molecular weight excluding hydrogens is 307 g/mol. The summed E-state index contributed by atoms with van der Waals surface area (Å²) in [4.78, 5) is 11.0. The van der Waals surface area contributed by atoms with Crippen molar-refractivity contribution in [2.24, 2.45) is 10.9 Å². The highest BCUT2D eigenvalue weighted by atomic mass is 19.1. The number of anilines is 1. The summed E-state index contributed by atoms with van der Waals surface area (Å²) in [6, 6.07) is 9.58. The lowest BCUT2D eigenvalue weighted by molar-refractivity contribution is -0.0829. The maximum absolute atomic E-state index is 14.2. The topological polar surface area (TPSA) is 49.8 Å². The zero-order chi connectivity index (χ0) is 16.1. The van der Waals surface area contributed by atoms with Gasteiger partial charge in [-0.2, -0.15) is 4.39 Å². The van der Waals surface area contributed by atoms with Gasteiger partial charge >= 0.3 is 0 Å². The Morgan fingerprint density at radius 2 is 2.08 bits per heavy atom. The van der Waals surface area contributed by atoms with Gasteiger partial charge in [0.1, 0.15) is 11.4 Å². The minimum Gasteiger partial charge on any atom is -0.455 e. The molecule has 0 unspecified atom stereocenters. The summed E-state index contributed by atoms with van der Waals surface area (Å²) < 4.78 is 20.4. The zero-order valence-corrected chi connectivity index (χ0v) is 13.3.